The van der Waals surface area contributed by atoms with Crippen LogP contribution in [0.5, 0.6) is 0 Å². The minimum absolute atomic E-state index is 0.187. The number of nitrogens with zero attached hydrogens (tertiary/aromatic N) is 2. The van der Waals surface area contributed by atoms with Gasteiger partial charge in [-0.15, -0.1) is 11.8 Å². The van der Waals surface area contributed by atoms with Crippen LogP contribution in [0, 0.1) is 17.1 Å². The number of nitriles is 1. The average molecular weight is 350 g/mol. The predicted molar refractivity (Wildman–Crippen MR) is 101 cm³/mol. The Balaban J connectivity index is 0.000000413. The van der Waals surface area contributed by atoms with Crippen LogP contribution >= 0.6 is 11.8 Å². The third-order valence-electron chi connectivity index (χ3n) is 3.84. The van der Waals surface area contributed by atoms with Gasteiger partial charge in [-0.25, -0.2) is 4.39 Å². The second-order valence-corrected chi connectivity index (χ2v) is 6.49. The molecule has 24 heavy (non-hydrogen) atoms. The van der Waals surface area contributed by atoms with E-state index >= 15 is 0 Å². The number of hydrogen-bond donors (Lipinski definition) is 1. The van der Waals surface area contributed by atoms with Crippen molar-refractivity contribution in [2.45, 2.75) is 37.5 Å². The standard InChI is InChI=1S/C14H19FN2S.C5H9N/c1-11(17-8-3-6-16-7-9-17)13-5-4-12(15)10-14(13)18-2;1-2-3-4-5-6/h4-5,10,16H,1,3,6-9H2,2H3;2-4H2,1H3. The minimum atomic E-state index is -0.187. The SMILES string of the molecule is C=C(c1ccc(F)cc1SC)N1CCCNCC1.CCCCC#N. The molecule has 1 aromatic carbocycles. The van der Waals surface area contributed by atoms with Crippen molar-refractivity contribution in [3.63, 3.8) is 0 Å². The fraction of sp³-hybridized carbons (Fsp3) is 0.526. The second kappa shape index (κ2) is 11.9. The quantitative estimate of drug-likeness (QED) is 0.627. The molecule has 1 saturated heterocycles. The summed E-state index contributed by atoms with van der Waals surface area (Å²) in [4.78, 5) is 3.24. The Labute approximate surface area is 149 Å². The number of benzene rings is 1. The molecule has 0 amide bonds. The number of halogens is 1. The first kappa shape index (κ1) is 20.5. The molecule has 3 nitrogen and oxygen atoms in total. The molecule has 1 aliphatic heterocycles. The Hall–Kier alpha value is -1.51. The van der Waals surface area contributed by atoms with Gasteiger partial charge in [0.15, 0.2) is 0 Å². The molecule has 1 aromatic rings. The van der Waals surface area contributed by atoms with Crippen molar-refractivity contribution in [2.24, 2.45) is 0 Å². The lowest BCUT2D eigenvalue weighted by molar-refractivity contribution is 0.424. The highest BCUT2D eigenvalue weighted by atomic mass is 32.2. The molecule has 0 aromatic heterocycles. The molecule has 2 rings (SSSR count). The van der Waals surface area contributed by atoms with E-state index in [1.165, 1.54) is 6.07 Å². The van der Waals surface area contributed by atoms with Crippen molar-refractivity contribution in [1.82, 2.24) is 10.2 Å². The lowest BCUT2D eigenvalue weighted by atomic mass is 10.1. The zero-order valence-corrected chi connectivity index (χ0v) is 15.6. The fourth-order valence-electron chi connectivity index (χ4n) is 2.45. The van der Waals surface area contributed by atoms with Crippen LogP contribution < -0.4 is 5.32 Å². The van der Waals surface area contributed by atoms with Gasteiger partial charge in [0.2, 0.25) is 0 Å². The molecule has 0 aliphatic carbocycles. The summed E-state index contributed by atoms with van der Waals surface area (Å²) in [5, 5.41) is 11.3. The molecule has 0 bridgehead atoms. The van der Waals surface area contributed by atoms with E-state index in [0.717, 1.165) is 68.0 Å². The normalized spacial score (nSPS) is 14.2. The molecular weight excluding hydrogens is 321 g/mol. The predicted octanol–water partition coefficient (Wildman–Crippen LogP) is 4.51. The summed E-state index contributed by atoms with van der Waals surface area (Å²) in [7, 11) is 0. The van der Waals surface area contributed by atoms with E-state index < -0.39 is 0 Å². The molecule has 0 spiro atoms. The van der Waals surface area contributed by atoms with E-state index in [9.17, 15) is 4.39 Å². The van der Waals surface area contributed by atoms with Crippen LogP contribution in [-0.4, -0.2) is 37.3 Å². The van der Waals surface area contributed by atoms with Crippen LogP contribution in [0.25, 0.3) is 5.70 Å². The van der Waals surface area contributed by atoms with Gasteiger partial charge in [-0.3, -0.25) is 0 Å². The molecule has 1 heterocycles. The highest BCUT2D eigenvalue weighted by molar-refractivity contribution is 7.98. The van der Waals surface area contributed by atoms with E-state index in [4.69, 9.17) is 5.26 Å². The molecule has 0 unspecified atom stereocenters. The third-order valence-corrected chi connectivity index (χ3v) is 4.62. The van der Waals surface area contributed by atoms with Crippen LogP contribution in [0.15, 0.2) is 29.7 Å². The topological polar surface area (TPSA) is 39.1 Å². The maximum Gasteiger partial charge on any atom is 0.124 e. The maximum absolute atomic E-state index is 13.2. The second-order valence-electron chi connectivity index (χ2n) is 5.64. The molecule has 1 N–H and O–H groups in total. The first-order valence-electron chi connectivity index (χ1n) is 8.49. The summed E-state index contributed by atoms with van der Waals surface area (Å²) in [6.07, 6.45) is 5.99. The number of nitrogens with one attached hydrogen (secondary N) is 1. The molecule has 5 heteroatoms. The fourth-order valence-corrected chi connectivity index (χ4v) is 3.08. The monoisotopic (exact) mass is 349 g/mol. The number of rotatable bonds is 5. The van der Waals surface area contributed by atoms with Crippen LogP contribution in [0.2, 0.25) is 0 Å². The van der Waals surface area contributed by atoms with Crippen molar-refractivity contribution in [1.29, 1.82) is 5.26 Å². The van der Waals surface area contributed by atoms with Gasteiger partial charge in [-0.05, 0) is 43.8 Å². The van der Waals surface area contributed by atoms with Gasteiger partial charge in [-0.1, -0.05) is 19.9 Å². The zero-order valence-electron chi connectivity index (χ0n) is 14.8. The zero-order chi connectivity index (χ0) is 17.8. The van der Waals surface area contributed by atoms with Gasteiger partial charge in [0.25, 0.3) is 0 Å². The third kappa shape index (κ3) is 6.94. The molecule has 0 radical (unpaired) electrons. The van der Waals surface area contributed by atoms with E-state index in [2.05, 4.69) is 29.8 Å². The van der Waals surface area contributed by atoms with Crippen molar-refractivity contribution < 1.29 is 4.39 Å². The molecule has 1 fully saturated rings. The van der Waals surface area contributed by atoms with Crippen LogP contribution in [0.4, 0.5) is 4.39 Å². The highest BCUT2D eigenvalue weighted by Gasteiger charge is 2.14. The number of thioether (sulfide) groups is 1. The summed E-state index contributed by atoms with van der Waals surface area (Å²) in [5.74, 6) is -0.187. The van der Waals surface area contributed by atoms with Gasteiger partial charge in [0.05, 0.1) is 6.07 Å². The van der Waals surface area contributed by atoms with Crippen LogP contribution in [-0.2, 0) is 0 Å². The Kier molecular flexibility index (Phi) is 10.2. The minimum Gasteiger partial charge on any atom is -0.370 e. The first-order valence-corrected chi connectivity index (χ1v) is 9.72. The Morgan fingerprint density at radius 1 is 1.42 bits per heavy atom. The van der Waals surface area contributed by atoms with E-state index in [-0.39, 0.29) is 5.82 Å². The van der Waals surface area contributed by atoms with Gasteiger partial charge < -0.3 is 10.2 Å². The van der Waals surface area contributed by atoms with Gasteiger partial charge in [-0.2, -0.15) is 5.26 Å². The number of hydrogen-bond acceptors (Lipinski definition) is 4. The Morgan fingerprint density at radius 3 is 2.83 bits per heavy atom. The van der Waals surface area contributed by atoms with Crippen LogP contribution in [0.3, 0.4) is 0 Å². The maximum atomic E-state index is 13.2. The van der Waals surface area contributed by atoms with E-state index in [1.807, 2.05) is 12.3 Å². The lowest BCUT2D eigenvalue weighted by Crippen LogP contribution is -2.26. The van der Waals surface area contributed by atoms with Gasteiger partial charge in [0.1, 0.15) is 5.82 Å². The molecule has 0 saturated carbocycles. The number of unbranched alkanes of at least 4 members (excludes halogenated alkanes) is 2. The average Bonchev–Trinajstić information content (AvgIpc) is 2.89. The summed E-state index contributed by atoms with van der Waals surface area (Å²) in [5.41, 5.74) is 2.05. The van der Waals surface area contributed by atoms with Gasteiger partial charge >= 0.3 is 0 Å². The summed E-state index contributed by atoms with van der Waals surface area (Å²) >= 11 is 1.56. The molecule has 132 valence electrons. The Bertz CT molecular complexity index is 546. The highest BCUT2D eigenvalue weighted by Crippen LogP contribution is 2.28. The molecule has 1 aliphatic rings. The van der Waals surface area contributed by atoms with Crippen molar-refractivity contribution in [3.8, 4) is 6.07 Å². The van der Waals surface area contributed by atoms with Crippen molar-refractivity contribution in [2.75, 3.05) is 32.4 Å². The van der Waals surface area contributed by atoms with Crippen LogP contribution in [0.1, 0.15) is 38.2 Å². The summed E-state index contributed by atoms with van der Waals surface area (Å²) in [6, 6.07) is 7.00. The first-order chi connectivity index (χ1) is 11.6. The lowest BCUT2D eigenvalue weighted by Gasteiger charge is -2.26. The molecular formula is C19H28FN3S. The van der Waals surface area contributed by atoms with Crippen molar-refractivity contribution >= 4 is 17.5 Å². The largest absolute Gasteiger partial charge is 0.370 e. The van der Waals surface area contributed by atoms with Crippen molar-refractivity contribution in [3.05, 3.63) is 36.2 Å². The Morgan fingerprint density at radius 2 is 2.21 bits per heavy atom. The smallest absolute Gasteiger partial charge is 0.124 e. The summed E-state index contributed by atoms with van der Waals surface area (Å²) in [6.45, 7) is 10.3. The molecule has 0 atom stereocenters. The summed E-state index contributed by atoms with van der Waals surface area (Å²) < 4.78 is 13.2. The van der Waals surface area contributed by atoms with Gasteiger partial charge in [0, 0.05) is 42.2 Å². The van der Waals surface area contributed by atoms with E-state index in [0.29, 0.717) is 0 Å². The van der Waals surface area contributed by atoms with E-state index in [1.54, 1.807) is 17.8 Å².